The van der Waals surface area contributed by atoms with Gasteiger partial charge in [-0.3, -0.25) is 15.1 Å². The Morgan fingerprint density at radius 1 is 1.18 bits per heavy atom. The summed E-state index contributed by atoms with van der Waals surface area (Å²) in [4.78, 5) is 17.0. The topological polar surface area (TPSA) is 166 Å². The summed E-state index contributed by atoms with van der Waals surface area (Å²) in [6.45, 7) is -0.880. The van der Waals surface area contributed by atoms with Crippen molar-refractivity contribution in [1.82, 2.24) is 29.3 Å². The van der Waals surface area contributed by atoms with Crippen molar-refractivity contribution in [3.05, 3.63) is 48.5 Å². The number of carbonyl (C=O) groups is 1. The van der Waals surface area contributed by atoms with Crippen LogP contribution in [0.4, 0.5) is 4.39 Å². The second-order valence-electron chi connectivity index (χ2n) is 7.89. The highest BCUT2D eigenvalue weighted by molar-refractivity contribution is 7.99. The highest BCUT2D eigenvalue weighted by Crippen LogP contribution is 2.34. The van der Waals surface area contributed by atoms with Crippen LogP contribution < -0.4 is 5.48 Å². The number of aromatic nitrogens is 3. The molecule has 3 heterocycles. The van der Waals surface area contributed by atoms with E-state index in [-0.39, 0.29) is 41.9 Å². The lowest BCUT2D eigenvalue weighted by molar-refractivity contribution is -0.134. The Morgan fingerprint density at radius 3 is 2.58 bits per heavy atom. The molecule has 1 amide bonds. The fourth-order valence-corrected chi connectivity index (χ4v) is 9.12. The van der Waals surface area contributed by atoms with Gasteiger partial charge in [-0.25, -0.2) is 31.7 Å². The van der Waals surface area contributed by atoms with Gasteiger partial charge < -0.3 is 0 Å². The van der Waals surface area contributed by atoms with Gasteiger partial charge in [-0.2, -0.15) is 8.61 Å². The Balaban J connectivity index is 0.00000400. The molecule has 3 aromatic rings. The van der Waals surface area contributed by atoms with Crippen molar-refractivity contribution in [3.8, 4) is 10.4 Å². The summed E-state index contributed by atoms with van der Waals surface area (Å²) < 4.78 is 67.8. The van der Waals surface area contributed by atoms with Gasteiger partial charge in [-0.05, 0) is 36.2 Å². The molecule has 0 spiro atoms. The standard InChI is InChI=1S/C20H23FN6O6S4.ClH/c21-15-4-2-14(3-5-15)17-6-7-18(35-17)37(32,33)27-9-8-26(12-16(27)19(28)25-29)36(30,31)11-1-10-34-20-22-13-23-24-20;/h2-7,13,16,29H,1,8-12H2,(H,25,28)(H,22,23,24);1H/t16-;/m1./s1. The second kappa shape index (κ2) is 12.8. The van der Waals surface area contributed by atoms with Crippen LogP contribution in [0.5, 0.6) is 0 Å². The number of hydroxylamine groups is 1. The first-order valence-electron chi connectivity index (χ1n) is 10.9. The lowest BCUT2D eigenvalue weighted by Crippen LogP contribution is -2.61. The maximum atomic E-state index is 13.4. The fourth-order valence-electron chi connectivity index (χ4n) is 3.71. The minimum Gasteiger partial charge on any atom is -0.289 e. The smallest absolute Gasteiger partial charge is 0.263 e. The molecule has 2 aromatic heterocycles. The van der Waals surface area contributed by atoms with Crippen LogP contribution in [0.15, 0.2) is 52.1 Å². The van der Waals surface area contributed by atoms with Crippen molar-refractivity contribution >= 4 is 61.5 Å². The van der Waals surface area contributed by atoms with Crippen LogP contribution in [0.25, 0.3) is 10.4 Å². The maximum Gasteiger partial charge on any atom is 0.263 e. The number of nitrogens with zero attached hydrogens (tertiary/aromatic N) is 4. The summed E-state index contributed by atoms with van der Waals surface area (Å²) in [5.74, 6) is -1.23. The van der Waals surface area contributed by atoms with Gasteiger partial charge in [0.2, 0.25) is 15.2 Å². The summed E-state index contributed by atoms with van der Waals surface area (Å²) in [7, 11) is -8.02. The summed E-state index contributed by atoms with van der Waals surface area (Å²) in [5, 5.41) is 16.2. The molecule has 3 N–H and O–H groups in total. The van der Waals surface area contributed by atoms with E-state index in [0.29, 0.717) is 21.3 Å². The Labute approximate surface area is 233 Å². The Kier molecular flexibility index (Phi) is 10.3. The molecule has 12 nitrogen and oxygen atoms in total. The predicted molar refractivity (Wildman–Crippen MR) is 142 cm³/mol. The number of aromatic amines is 1. The first kappa shape index (κ1) is 30.4. The Morgan fingerprint density at radius 2 is 1.92 bits per heavy atom. The first-order valence-corrected chi connectivity index (χ1v) is 15.7. The quantitative estimate of drug-likeness (QED) is 0.132. The minimum atomic E-state index is -4.21. The molecule has 0 saturated carbocycles. The number of amides is 1. The highest BCUT2D eigenvalue weighted by atomic mass is 35.5. The molecule has 208 valence electrons. The third-order valence-electron chi connectivity index (χ3n) is 5.54. The number of piperazine rings is 1. The number of hydrogen-bond donors (Lipinski definition) is 3. The van der Waals surface area contributed by atoms with E-state index in [2.05, 4.69) is 15.2 Å². The van der Waals surface area contributed by atoms with E-state index in [0.717, 1.165) is 19.9 Å². The van der Waals surface area contributed by atoms with Crippen LogP contribution in [-0.2, 0) is 24.8 Å². The summed E-state index contributed by atoms with van der Waals surface area (Å²) in [6, 6.07) is 7.04. The van der Waals surface area contributed by atoms with Crippen molar-refractivity contribution < 1.29 is 31.2 Å². The van der Waals surface area contributed by atoms with Gasteiger partial charge in [0.1, 0.15) is 22.4 Å². The van der Waals surface area contributed by atoms with Gasteiger partial charge in [-0.1, -0.05) is 23.9 Å². The fraction of sp³-hybridized carbons (Fsp3) is 0.350. The molecule has 18 heteroatoms. The highest BCUT2D eigenvalue weighted by Gasteiger charge is 2.43. The molecule has 1 aliphatic rings. The molecule has 1 atom stereocenters. The molecule has 4 rings (SSSR count). The van der Waals surface area contributed by atoms with E-state index in [9.17, 15) is 31.2 Å². The van der Waals surface area contributed by atoms with Gasteiger partial charge in [0, 0.05) is 30.3 Å². The minimum absolute atomic E-state index is 0. The molecule has 0 aliphatic carbocycles. The molecule has 1 aliphatic heterocycles. The van der Waals surface area contributed by atoms with E-state index < -0.39 is 44.4 Å². The third-order valence-corrected chi connectivity index (χ3v) is 11.9. The van der Waals surface area contributed by atoms with E-state index in [1.807, 2.05) is 0 Å². The molecular weight excluding hydrogens is 603 g/mol. The maximum absolute atomic E-state index is 13.4. The van der Waals surface area contributed by atoms with Crippen LogP contribution in [0, 0.1) is 5.82 Å². The van der Waals surface area contributed by atoms with Crippen molar-refractivity contribution in [2.24, 2.45) is 0 Å². The lowest BCUT2D eigenvalue weighted by Gasteiger charge is -2.38. The first-order chi connectivity index (χ1) is 17.6. The number of benzene rings is 1. The van der Waals surface area contributed by atoms with Crippen molar-refractivity contribution in [2.75, 3.05) is 31.1 Å². The van der Waals surface area contributed by atoms with Crippen LogP contribution >= 0.6 is 35.5 Å². The zero-order valence-electron chi connectivity index (χ0n) is 19.6. The predicted octanol–water partition coefficient (Wildman–Crippen LogP) is 1.79. The van der Waals surface area contributed by atoms with E-state index >= 15 is 0 Å². The Hall–Kier alpha value is -2.12. The number of nitrogens with one attached hydrogen (secondary N) is 2. The van der Waals surface area contributed by atoms with Crippen LogP contribution in [0.2, 0.25) is 0 Å². The Bertz CT molecular complexity index is 1440. The lowest BCUT2D eigenvalue weighted by atomic mass is 10.2. The number of carbonyl (C=O) groups excluding carboxylic acids is 1. The number of halogens is 2. The largest absolute Gasteiger partial charge is 0.289 e. The zero-order valence-corrected chi connectivity index (χ0v) is 23.6. The molecule has 0 radical (unpaired) electrons. The molecule has 1 saturated heterocycles. The van der Waals surface area contributed by atoms with E-state index in [1.165, 1.54) is 53.9 Å². The monoisotopic (exact) mass is 626 g/mol. The van der Waals surface area contributed by atoms with Gasteiger partial charge in [0.15, 0.2) is 0 Å². The van der Waals surface area contributed by atoms with Gasteiger partial charge in [0.25, 0.3) is 15.9 Å². The molecule has 1 aromatic carbocycles. The van der Waals surface area contributed by atoms with Crippen molar-refractivity contribution in [2.45, 2.75) is 21.8 Å². The third kappa shape index (κ3) is 6.90. The summed E-state index contributed by atoms with van der Waals surface area (Å²) >= 11 is 2.23. The molecule has 1 fully saturated rings. The molecular formula is C20H24ClFN6O6S4. The van der Waals surface area contributed by atoms with E-state index in [1.54, 1.807) is 6.07 Å². The molecule has 38 heavy (non-hydrogen) atoms. The van der Waals surface area contributed by atoms with E-state index in [4.69, 9.17) is 0 Å². The normalized spacial score (nSPS) is 17.2. The summed E-state index contributed by atoms with van der Waals surface area (Å²) in [6.07, 6.45) is 1.71. The van der Waals surface area contributed by atoms with Gasteiger partial charge in [0.05, 0.1) is 5.75 Å². The van der Waals surface area contributed by atoms with Crippen molar-refractivity contribution in [1.29, 1.82) is 0 Å². The molecule has 0 bridgehead atoms. The number of H-pyrrole nitrogens is 1. The van der Waals surface area contributed by atoms with Crippen LogP contribution in [-0.4, -0.2) is 88.9 Å². The number of thiophene rings is 1. The number of hydrogen-bond acceptors (Lipinski definition) is 10. The number of sulfonamides is 2. The molecule has 0 unspecified atom stereocenters. The van der Waals surface area contributed by atoms with Gasteiger partial charge >= 0.3 is 0 Å². The number of rotatable bonds is 10. The average Bonchev–Trinajstić information content (AvgIpc) is 3.59. The van der Waals surface area contributed by atoms with Crippen LogP contribution in [0.3, 0.4) is 0 Å². The SMILES string of the molecule is Cl.O=C(NO)[C@H]1CN(S(=O)(=O)CCCSc2nc[nH]n2)CCN1S(=O)(=O)c1ccc(-c2ccc(F)cc2)s1. The van der Waals surface area contributed by atoms with Crippen molar-refractivity contribution in [3.63, 3.8) is 0 Å². The van der Waals surface area contributed by atoms with Gasteiger partial charge in [-0.15, -0.1) is 28.8 Å². The average molecular weight is 627 g/mol. The number of thioether (sulfide) groups is 1. The zero-order chi connectivity index (χ0) is 26.6. The van der Waals surface area contributed by atoms with Crippen LogP contribution in [0.1, 0.15) is 6.42 Å². The second-order valence-corrected chi connectivity index (χ2v) is 14.2. The summed E-state index contributed by atoms with van der Waals surface area (Å²) in [5.41, 5.74) is 2.07.